The van der Waals surface area contributed by atoms with Gasteiger partial charge in [0.1, 0.15) is 0 Å². The predicted molar refractivity (Wildman–Crippen MR) is 64.1 cm³/mol. The van der Waals surface area contributed by atoms with Gasteiger partial charge in [0, 0.05) is 16.6 Å². The molecule has 3 aromatic rings. The Balaban J connectivity index is 2.20. The summed E-state index contributed by atoms with van der Waals surface area (Å²) in [4.78, 5) is 11.6. The smallest absolute Gasteiger partial charge is 0.0924 e. The van der Waals surface area contributed by atoms with Gasteiger partial charge in [0.25, 0.3) is 0 Å². The Bertz CT molecular complexity index is 627. The highest BCUT2D eigenvalue weighted by Gasteiger charge is 2.01. The van der Waals surface area contributed by atoms with Gasteiger partial charge in [-0.05, 0) is 25.1 Å². The zero-order valence-corrected chi connectivity index (χ0v) is 8.94. The number of nitrogens with one attached hydrogen (secondary N) is 1. The van der Waals surface area contributed by atoms with Gasteiger partial charge in [-0.15, -0.1) is 0 Å². The van der Waals surface area contributed by atoms with Crippen molar-refractivity contribution in [2.24, 2.45) is 0 Å². The monoisotopic (exact) mass is 209 g/mol. The lowest BCUT2D eigenvalue weighted by atomic mass is 10.1. The Kier molecular flexibility index (Phi) is 1.96. The van der Waals surface area contributed by atoms with E-state index >= 15 is 0 Å². The standard InChI is InChI=1S/C13H11N3/c1-9-2-3-10-6-11(4-5-12(10)16-9)13-7-14-8-15-13/h2-8H,1H3,(H,14,15). The van der Waals surface area contributed by atoms with E-state index in [1.54, 1.807) is 6.33 Å². The van der Waals surface area contributed by atoms with Crippen molar-refractivity contribution in [2.45, 2.75) is 6.92 Å². The molecule has 1 aromatic carbocycles. The minimum Gasteiger partial charge on any atom is -0.345 e. The van der Waals surface area contributed by atoms with Gasteiger partial charge in [-0.2, -0.15) is 0 Å². The van der Waals surface area contributed by atoms with Crippen LogP contribution in [-0.4, -0.2) is 15.0 Å². The van der Waals surface area contributed by atoms with Gasteiger partial charge in [-0.25, -0.2) is 4.98 Å². The van der Waals surface area contributed by atoms with E-state index in [4.69, 9.17) is 0 Å². The predicted octanol–water partition coefficient (Wildman–Crippen LogP) is 2.93. The molecule has 3 nitrogen and oxygen atoms in total. The molecule has 0 aliphatic heterocycles. The number of imidazole rings is 1. The van der Waals surface area contributed by atoms with Crippen molar-refractivity contribution in [2.75, 3.05) is 0 Å². The van der Waals surface area contributed by atoms with Gasteiger partial charge >= 0.3 is 0 Å². The van der Waals surface area contributed by atoms with Crippen LogP contribution in [0.2, 0.25) is 0 Å². The van der Waals surface area contributed by atoms with Crippen molar-refractivity contribution in [3.63, 3.8) is 0 Å². The van der Waals surface area contributed by atoms with Gasteiger partial charge in [-0.3, -0.25) is 4.98 Å². The molecule has 2 aromatic heterocycles. The fraction of sp³-hybridized carbons (Fsp3) is 0.0769. The summed E-state index contributed by atoms with van der Waals surface area (Å²) in [6.45, 7) is 2.00. The quantitative estimate of drug-likeness (QED) is 0.669. The summed E-state index contributed by atoms with van der Waals surface area (Å²) >= 11 is 0. The van der Waals surface area contributed by atoms with Crippen molar-refractivity contribution in [3.05, 3.63) is 48.5 Å². The molecule has 3 heteroatoms. The van der Waals surface area contributed by atoms with E-state index in [1.165, 1.54) is 0 Å². The second kappa shape index (κ2) is 3.45. The number of pyridine rings is 1. The van der Waals surface area contributed by atoms with Crippen molar-refractivity contribution in [3.8, 4) is 11.3 Å². The zero-order valence-electron chi connectivity index (χ0n) is 8.94. The SMILES string of the molecule is Cc1ccc2cc(-c3cnc[nH]3)ccc2n1. The van der Waals surface area contributed by atoms with Crippen LogP contribution in [0.15, 0.2) is 42.9 Å². The molecule has 0 bridgehead atoms. The molecule has 0 amide bonds. The summed E-state index contributed by atoms with van der Waals surface area (Å²) in [5.74, 6) is 0. The van der Waals surface area contributed by atoms with Crippen LogP contribution in [-0.2, 0) is 0 Å². The van der Waals surface area contributed by atoms with Gasteiger partial charge in [0.05, 0.1) is 23.7 Å². The van der Waals surface area contributed by atoms with Crippen LogP contribution in [0.4, 0.5) is 0 Å². The number of nitrogens with zero attached hydrogens (tertiary/aromatic N) is 2. The van der Waals surface area contributed by atoms with Crippen molar-refractivity contribution < 1.29 is 0 Å². The summed E-state index contributed by atoms with van der Waals surface area (Å²) in [6, 6.07) is 10.3. The molecule has 16 heavy (non-hydrogen) atoms. The van der Waals surface area contributed by atoms with Gasteiger partial charge < -0.3 is 4.98 Å². The molecule has 1 N–H and O–H groups in total. The van der Waals surface area contributed by atoms with Gasteiger partial charge in [-0.1, -0.05) is 12.1 Å². The molecule has 0 atom stereocenters. The first-order chi connectivity index (χ1) is 7.83. The summed E-state index contributed by atoms with van der Waals surface area (Å²) in [6.07, 6.45) is 3.51. The second-order valence-electron chi connectivity index (χ2n) is 3.83. The molecule has 3 rings (SSSR count). The van der Waals surface area contributed by atoms with Gasteiger partial charge in [0.2, 0.25) is 0 Å². The first kappa shape index (κ1) is 9.09. The lowest BCUT2D eigenvalue weighted by molar-refractivity contribution is 1.25. The fourth-order valence-corrected chi connectivity index (χ4v) is 1.81. The average Bonchev–Trinajstić information content (AvgIpc) is 2.82. The molecule has 0 saturated heterocycles. The van der Waals surface area contributed by atoms with Gasteiger partial charge in [0.15, 0.2) is 0 Å². The van der Waals surface area contributed by atoms with Crippen molar-refractivity contribution in [1.82, 2.24) is 15.0 Å². The highest BCUT2D eigenvalue weighted by Crippen LogP contribution is 2.21. The zero-order chi connectivity index (χ0) is 11.0. The second-order valence-corrected chi connectivity index (χ2v) is 3.83. The molecular formula is C13H11N3. The van der Waals surface area contributed by atoms with Crippen LogP contribution in [0, 0.1) is 6.92 Å². The number of benzene rings is 1. The molecule has 0 spiro atoms. The first-order valence-corrected chi connectivity index (χ1v) is 5.19. The Morgan fingerprint density at radius 2 is 2.06 bits per heavy atom. The van der Waals surface area contributed by atoms with Crippen molar-refractivity contribution >= 4 is 10.9 Å². The number of rotatable bonds is 1. The Morgan fingerprint density at radius 3 is 2.88 bits per heavy atom. The molecule has 0 radical (unpaired) electrons. The first-order valence-electron chi connectivity index (χ1n) is 5.19. The number of aromatic amines is 1. The van der Waals surface area contributed by atoms with Crippen molar-refractivity contribution in [1.29, 1.82) is 0 Å². The number of hydrogen-bond donors (Lipinski definition) is 1. The van der Waals surface area contributed by atoms with Crippen LogP contribution in [0.3, 0.4) is 0 Å². The summed E-state index contributed by atoms with van der Waals surface area (Å²) in [5.41, 5.74) is 4.24. The summed E-state index contributed by atoms with van der Waals surface area (Å²) in [5, 5.41) is 1.15. The summed E-state index contributed by atoms with van der Waals surface area (Å²) in [7, 11) is 0. The van der Waals surface area contributed by atoms with Crippen LogP contribution >= 0.6 is 0 Å². The minimum absolute atomic E-state index is 1.03. The topological polar surface area (TPSA) is 41.6 Å². The maximum absolute atomic E-state index is 4.47. The normalized spacial score (nSPS) is 10.8. The molecule has 0 aliphatic carbocycles. The Hall–Kier alpha value is -2.16. The maximum Gasteiger partial charge on any atom is 0.0924 e. The van der Waals surface area contributed by atoms with E-state index in [-0.39, 0.29) is 0 Å². The highest BCUT2D eigenvalue weighted by atomic mass is 14.9. The Labute approximate surface area is 93.2 Å². The van der Waals surface area contributed by atoms with Crippen LogP contribution in [0.5, 0.6) is 0 Å². The van der Waals surface area contributed by atoms with E-state index < -0.39 is 0 Å². The van der Waals surface area contributed by atoms with Crippen LogP contribution in [0.1, 0.15) is 5.69 Å². The van der Waals surface area contributed by atoms with E-state index in [0.29, 0.717) is 0 Å². The number of hydrogen-bond acceptors (Lipinski definition) is 2. The van der Waals surface area contributed by atoms with E-state index in [1.807, 2.05) is 25.3 Å². The molecule has 0 aliphatic rings. The van der Waals surface area contributed by atoms with Crippen LogP contribution < -0.4 is 0 Å². The molecular weight excluding hydrogens is 198 g/mol. The fourth-order valence-electron chi connectivity index (χ4n) is 1.81. The third kappa shape index (κ3) is 1.46. The van der Waals surface area contributed by atoms with E-state index in [0.717, 1.165) is 27.9 Å². The summed E-state index contributed by atoms with van der Waals surface area (Å²) < 4.78 is 0. The van der Waals surface area contributed by atoms with E-state index in [2.05, 4.69) is 33.2 Å². The van der Waals surface area contributed by atoms with E-state index in [9.17, 15) is 0 Å². The largest absolute Gasteiger partial charge is 0.345 e. The molecule has 2 heterocycles. The molecule has 0 fully saturated rings. The lowest BCUT2D eigenvalue weighted by Crippen LogP contribution is -1.84. The molecule has 78 valence electrons. The number of H-pyrrole nitrogens is 1. The number of fused-ring (bicyclic) bond motifs is 1. The number of aryl methyl sites for hydroxylation is 1. The third-order valence-corrected chi connectivity index (χ3v) is 2.64. The Morgan fingerprint density at radius 1 is 1.12 bits per heavy atom. The highest BCUT2D eigenvalue weighted by molar-refractivity contribution is 5.83. The average molecular weight is 209 g/mol. The minimum atomic E-state index is 1.03. The maximum atomic E-state index is 4.47. The third-order valence-electron chi connectivity index (χ3n) is 2.64. The molecule has 0 saturated carbocycles. The molecule has 0 unspecified atom stereocenters. The lowest BCUT2D eigenvalue weighted by Gasteiger charge is -2.01. The number of aromatic nitrogens is 3. The van der Waals surface area contributed by atoms with Crippen LogP contribution in [0.25, 0.3) is 22.2 Å².